The van der Waals surface area contributed by atoms with Gasteiger partial charge in [-0.2, -0.15) is 13.5 Å². The number of aryl methyl sites for hydroxylation is 1. The van der Waals surface area contributed by atoms with Gasteiger partial charge < -0.3 is 8.92 Å². The number of amides is 3. The van der Waals surface area contributed by atoms with Crippen LogP contribution < -0.4 is 14.2 Å². The van der Waals surface area contributed by atoms with E-state index in [0.29, 0.717) is 5.56 Å². The Morgan fingerprint density at radius 3 is 2.43 bits per heavy atom. The number of nitrogens with zero attached hydrogens (tertiary/aromatic N) is 2. The number of imide groups is 1. The van der Waals surface area contributed by atoms with Crippen molar-refractivity contribution in [3.8, 4) is 11.5 Å². The van der Waals surface area contributed by atoms with Gasteiger partial charge in [-0.25, -0.2) is 9.80 Å². The number of carbonyl (C=O) groups is 2. The third-order valence-electron chi connectivity index (χ3n) is 3.82. The van der Waals surface area contributed by atoms with E-state index in [9.17, 15) is 18.0 Å². The first-order chi connectivity index (χ1) is 13.3. The van der Waals surface area contributed by atoms with Crippen molar-refractivity contribution >= 4 is 28.3 Å². The van der Waals surface area contributed by atoms with Crippen molar-refractivity contribution < 1.29 is 26.9 Å². The highest BCUT2D eigenvalue weighted by molar-refractivity contribution is 7.87. The molecule has 0 aliphatic carbocycles. The fourth-order valence-electron chi connectivity index (χ4n) is 2.37. The molecular weight excluding hydrogens is 386 g/mol. The average Bonchev–Trinajstić information content (AvgIpc) is 2.98. The summed E-state index contributed by atoms with van der Waals surface area (Å²) in [5, 5.41) is 7.00. The van der Waals surface area contributed by atoms with E-state index >= 15 is 0 Å². The minimum absolute atomic E-state index is 0.00863. The Bertz CT molecular complexity index is 1050. The summed E-state index contributed by atoms with van der Waals surface area (Å²) in [6.45, 7) is 1.69. The molecule has 1 heterocycles. The standard InChI is InChI=1S/C18H17N3O6S/c1-12-3-6-14(7-4-12)28(24,25)27-15-8-5-13(9-16(15)26-2)10-19-21-11-17(22)20-18(21)23/h3-10H,11H2,1-2H3,(H,20,22,23)/b19-10-. The van der Waals surface area contributed by atoms with Gasteiger partial charge in [-0.05, 0) is 42.8 Å². The molecule has 0 radical (unpaired) electrons. The first-order valence-electron chi connectivity index (χ1n) is 8.13. The van der Waals surface area contributed by atoms with Gasteiger partial charge >= 0.3 is 16.1 Å². The van der Waals surface area contributed by atoms with Crippen LogP contribution in [0, 0.1) is 6.92 Å². The van der Waals surface area contributed by atoms with Crippen LogP contribution >= 0.6 is 0 Å². The normalized spacial score (nSPS) is 14.4. The van der Waals surface area contributed by atoms with Crippen LogP contribution in [0.2, 0.25) is 0 Å². The molecule has 2 aromatic carbocycles. The highest BCUT2D eigenvalue weighted by Gasteiger charge is 2.26. The Morgan fingerprint density at radius 2 is 1.82 bits per heavy atom. The van der Waals surface area contributed by atoms with Crippen molar-refractivity contribution in [1.29, 1.82) is 0 Å². The van der Waals surface area contributed by atoms with E-state index in [1.165, 1.54) is 37.6 Å². The molecule has 0 bridgehead atoms. The Balaban J connectivity index is 1.80. The monoisotopic (exact) mass is 403 g/mol. The predicted octanol–water partition coefficient (Wildman–Crippen LogP) is 1.66. The summed E-state index contributed by atoms with van der Waals surface area (Å²) in [5.74, 6) is -0.263. The number of rotatable bonds is 6. The number of benzene rings is 2. The number of carbonyl (C=O) groups excluding carboxylic acids is 2. The van der Waals surface area contributed by atoms with Crippen LogP contribution in [-0.4, -0.2) is 45.2 Å². The molecular formula is C18H17N3O6S. The lowest BCUT2D eigenvalue weighted by atomic mass is 10.2. The second-order valence-corrected chi connectivity index (χ2v) is 7.46. The molecule has 2 aromatic rings. The van der Waals surface area contributed by atoms with Crippen molar-refractivity contribution in [2.75, 3.05) is 13.7 Å². The van der Waals surface area contributed by atoms with Crippen LogP contribution in [0.1, 0.15) is 11.1 Å². The van der Waals surface area contributed by atoms with Crippen LogP contribution in [0.4, 0.5) is 4.79 Å². The van der Waals surface area contributed by atoms with Gasteiger partial charge in [0.25, 0.3) is 0 Å². The molecule has 0 spiro atoms. The molecule has 146 valence electrons. The van der Waals surface area contributed by atoms with E-state index in [-0.39, 0.29) is 22.9 Å². The van der Waals surface area contributed by atoms with Gasteiger partial charge in [0.2, 0.25) is 5.91 Å². The van der Waals surface area contributed by atoms with Gasteiger partial charge in [0.1, 0.15) is 11.4 Å². The summed E-state index contributed by atoms with van der Waals surface area (Å²) in [7, 11) is -2.66. The van der Waals surface area contributed by atoms with Gasteiger partial charge in [0, 0.05) is 0 Å². The van der Waals surface area contributed by atoms with Gasteiger partial charge in [-0.15, -0.1) is 0 Å². The minimum Gasteiger partial charge on any atom is -0.493 e. The summed E-state index contributed by atoms with van der Waals surface area (Å²) in [6.07, 6.45) is 1.35. The summed E-state index contributed by atoms with van der Waals surface area (Å²) in [6, 6.07) is 10.1. The van der Waals surface area contributed by atoms with E-state index < -0.39 is 22.1 Å². The molecule has 3 amide bonds. The smallest absolute Gasteiger partial charge is 0.344 e. The lowest BCUT2D eigenvalue weighted by Crippen LogP contribution is -2.24. The van der Waals surface area contributed by atoms with E-state index in [4.69, 9.17) is 8.92 Å². The number of urea groups is 1. The molecule has 1 aliphatic rings. The molecule has 0 saturated carbocycles. The van der Waals surface area contributed by atoms with Crippen molar-refractivity contribution in [3.63, 3.8) is 0 Å². The van der Waals surface area contributed by atoms with Crippen molar-refractivity contribution in [2.24, 2.45) is 5.10 Å². The maximum Gasteiger partial charge on any atom is 0.344 e. The molecule has 0 unspecified atom stereocenters. The van der Waals surface area contributed by atoms with E-state index in [0.717, 1.165) is 10.6 Å². The number of hydrogen-bond acceptors (Lipinski definition) is 7. The molecule has 1 N–H and O–H groups in total. The predicted molar refractivity (Wildman–Crippen MR) is 99.8 cm³/mol. The Labute approximate surface area is 161 Å². The SMILES string of the molecule is COc1cc(/C=N\N2CC(=O)NC2=O)ccc1OS(=O)(=O)c1ccc(C)cc1. The highest BCUT2D eigenvalue weighted by atomic mass is 32.2. The van der Waals surface area contributed by atoms with Gasteiger partial charge in [0.05, 0.1) is 13.3 Å². The van der Waals surface area contributed by atoms with Crippen molar-refractivity contribution in [2.45, 2.75) is 11.8 Å². The lowest BCUT2D eigenvalue weighted by molar-refractivity contribution is -0.118. The zero-order valence-electron chi connectivity index (χ0n) is 15.1. The quantitative estimate of drug-likeness (QED) is 0.446. The minimum atomic E-state index is -4.03. The first kappa shape index (κ1) is 19.4. The maximum atomic E-state index is 12.4. The van der Waals surface area contributed by atoms with Crippen LogP contribution in [0.15, 0.2) is 52.5 Å². The number of nitrogens with one attached hydrogen (secondary N) is 1. The van der Waals surface area contributed by atoms with Crippen LogP contribution in [0.5, 0.6) is 11.5 Å². The van der Waals surface area contributed by atoms with Crippen molar-refractivity contribution in [3.05, 3.63) is 53.6 Å². The number of hydrogen-bond donors (Lipinski definition) is 1. The second-order valence-electron chi connectivity index (χ2n) is 5.92. The van der Waals surface area contributed by atoms with Crippen LogP contribution in [0.3, 0.4) is 0 Å². The number of methoxy groups -OCH3 is 1. The largest absolute Gasteiger partial charge is 0.493 e. The van der Waals surface area contributed by atoms with E-state index in [1.807, 2.05) is 6.92 Å². The molecule has 1 saturated heterocycles. The number of hydrazone groups is 1. The summed E-state index contributed by atoms with van der Waals surface area (Å²) < 4.78 is 35.3. The molecule has 1 fully saturated rings. The first-order valence-corrected chi connectivity index (χ1v) is 9.54. The highest BCUT2D eigenvalue weighted by Crippen LogP contribution is 2.30. The fraction of sp³-hybridized carbons (Fsp3) is 0.167. The molecule has 9 nitrogen and oxygen atoms in total. The Kier molecular flexibility index (Phi) is 5.32. The molecule has 0 aromatic heterocycles. The third-order valence-corrected chi connectivity index (χ3v) is 5.07. The third kappa shape index (κ3) is 4.29. The molecule has 3 rings (SSSR count). The van der Waals surface area contributed by atoms with Gasteiger partial charge in [0.15, 0.2) is 11.5 Å². The van der Waals surface area contributed by atoms with Crippen LogP contribution in [-0.2, 0) is 14.9 Å². The van der Waals surface area contributed by atoms with Gasteiger partial charge in [-0.3, -0.25) is 10.1 Å². The average molecular weight is 403 g/mol. The lowest BCUT2D eigenvalue weighted by Gasteiger charge is -2.11. The summed E-state index contributed by atoms with van der Waals surface area (Å²) in [5.41, 5.74) is 1.44. The molecule has 0 atom stereocenters. The van der Waals surface area contributed by atoms with Crippen LogP contribution in [0.25, 0.3) is 0 Å². The van der Waals surface area contributed by atoms with Crippen molar-refractivity contribution in [1.82, 2.24) is 10.3 Å². The summed E-state index contributed by atoms with van der Waals surface area (Å²) >= 11 is 0. The zero-order chi connectivity index (χ0) is 20.3. The maximum absolute atomic E-state index is 12.4. The van der Waals surface area contributed by atoms with E-state index in [2.05, 4.69) is 10.4 Å². The second kappa shape index (κ2) is 7.69. The molecule has 28 heavy (non-hydrogen) atoms. The Morgan fingerprint density at radius 1 is 1.11 bits per heavy atom. The van der Waals surface area contributed by atoms with Gasteiger partial charge in [-0.1, -0.05) is 17.7 Å². The fourth-order valence-corrected chi connectivity index (χ4v) is 3.31. The zero-order valence-corrected chi connectivity index (χ0v) is 15.9. The molecule has 10 heteroatoms. The summed E-state index contributed by atoms with van der Waals surface area (Å²) in [4.78, 5) is 22.6. The topological polar surface area (TPSA) is 114 Å². The van der Waals surface area contributed by atoms with E-state index in [1.54, 1.807) is 18.2 Å². The Hall–Kier alpha value is -3.40. The number of ether oxygens (including phenoxy) is 1. The molecule has 1 aliphatic heterocycles.